The number of carboxylic acid groups (broad SMARTS) is 1. The number of aliphatic hydroxyl groups is 3. The molecule has 3 saturated heterocycles. The predicted molar refractivity (Wildman–Crippen MR) is 450 cm³/mol. The van der Waals surface area contributed by atoms with E-state index in [1.165, 1.54) is 6.20 Å². The molecule has 37 nitrogen and oxygen atoms in total. The Morgan fingerprint density at radius 1 is 0.471 bits per heavy atom. The van der Waals surface area contributed by atoms with Gasteiger partial charge < -0.3 is 133 Å². The molecular weight excluding hydrogens is 1570 g/mol. The number of hydrazine groups is 3. The zero-order valence-corrected chi connectivity index (χ0v) is 70.1. The average Bonchev–Trinajstić information content (AvgIpc) is 0.823. The first-order chi connectivity index (χ1) is 58.4. The lowest BCUT2D eigenvalue weighted by molar-refractivity contribution is -0.176. The van der Waals surface area contributed by atoms with Gasteiger partial charge in [-0.1, -0.05) is 56.7 Å². The van der Waals surface area contributed by atoms with E-state index in [0.717, 1.165) is 69.2 Å². The highest BCUT2D eigenvalue weighted by Gasteiger charge is 2.40. The fraction of sp³-hybridized carbons (Fsp3) is 0.619. The number of carbonyl (C=O) groups is 8. The van der Waals surface area contributed by atoms with Crippen molar-refractivity contribution in [3.8, 4) is 17.2 Å². The number of nitrogens with one attached hydrogen (secondary N) is 7. The number of benzene rings is 3. The lowest BCUT2D eigenvalue weighted by atomic mass is 9.98. The van der Waals surface area contributed by atoms with Crippen molar-refractivity contribution >= 4 is 47.3 Å². The second kappa shape index (κ2) is 57.6. The van der Waals surface area contributed by atoms with Gasteiger partial charge in [-0.15, -0.1) is 0 Å². The lowest BCUT2D eigenvalue weighted by Crippen LogP contribution is -2.60. The summed E-state index contributed by atoms with van der Waals surface area (Å²) in [5, 5.41) is 63.8. The first-order valence-corrected chi connectivity index (χ1v) is 42.2. The van der Waals surface area contributed by atoms with Crippen molar-refractivity contribution in [3.63, 3.8) is 0 Å². The lowest BCUT2D eigenvalue weighted by Gasteiger charge is -2.40. The van der Waals surface area contributed by atoms with Crippen molar-refractivity contribution < 1.29 is 101 Å². The van der Waals surface area contributed by atoms with E-state index in [4.69, 9.17) is 82.5 Å². The van der Waals surface area contributed by atoms with E-state index in [1.807, 2.05) is 6.92 Å². The molecule has 3 aliphatic rings. The summed E-state index contributed by atoms with van der Waals surface area (Å²) in [7, 11) is 0. The van der Waals surface area contributed by atoms with Gasteiger partial charge in [0.1, 0.15) is 60.9 Å². The van der Waals surface area contributed by atoms with Gasteiger partial charge in [-0.2, -0.15) is 0 Å². The quantitative estimate of drug-likeness (QED) is 0.0219. The van der Waals surface area contributed by atoms with Gasteiger partial charge >= 0.3 is 5.97 Å². The summed E-state index contributed by atoms with van der Waals surface area (Å²) < 4.78 is 52.7. The molecule has 7 amide bonds. The summed E-state index contributed by atoms with van der Waals surface area (Å²) in [5.41, 5.74) is 19.3. The van der Waals surface area contributed by atoms with Gasteiger partial charge in [0.2, 0.25) is 23.6 Å². The third-order valence-electron chi connectivity index (χ3n) is 20.2. The van der Waals surface area contributed by atoms with E-state index in [0.29, 0.717) is 156 Å². The van der Waals surface area contributed by atoms with E-state index >= 15 is 0 Å². The van der Waals surface area contributed by atoms with Crippen LogP contribution in [-0.2, 0) is 52.4 Å². The molecule has 6 rings (SSSR count). The Labute approximate surface area is 709 Å². The van der Waals surface area contributed by atoms with Crippen molar-refractivity contribution in [2.24, 2.45) is 34.7 Å². The van der Waals surface area contributed by atoms with Crippen LogP contribution in [0.1, 0.15) is 186 Å². The molecule has 0 bridgehead atoms. The number of aliphatic carboxylic acids is 1. The fourth-order valence-corrected chi connectivity index (χ4v) is 13.1. The Bertz CT molecular complexity index is 3670. The second-order valence-corrected chi connectivity index (χ2v) is 30.6. The number of nitrogens with two attached hydrogens (primary N) is 6. The number of nitrogens with zero attached hydrogens (tertiary/aromatic N) is 3. The minimum atomic E-state index is -1.37. The molecule has 0 aliphatic carbocycles. The number of carboxylic acids is 1. The van der Waals surface area contributed by atoms with Gasteiger partial charge in [0.25, 0.3) is 17.7 Å². The van der Waals surface area contributed by atoms with Crippen LogP contribution >= 0.6 is 0 Å². The number of amides is 7. The number of ether oxygens (including phenoxy) is 9. The van der Waals surface area contributed by atoms with Crippen LogP contribution in [0.5, 0.6) is 17.2 Å². The molecule has 37 heteroatoms. The summed E-state index contributed by atoms with van der Waals surface area (Å²) in [6, 6.07) is 19.1. The second-order valence-electron chi connectivity index (χ2n) is 30.6. The zero-order valence-electron chi connectivity index (χ0n) is 70.1. The number of carbonyl (C=O) groups excluding carboxylic acids is 7. The maximum atomic E-state index is 14.0. The van der Waals surface area contributed by atoms with Crippen molar-refractivity contribution in [2.75, 3.05) is 132 Å². The van der Waals surface area contributed by atoms with Gasteiger partial charge in [-0.05, 0) is 139 Å². The monoisotopic (exact) mass is 1700 g/mol. The normalized spacial score (nSPS) is 18.6. The zero-order chi connectivity index (χ0) is 87.4. The molecule has 0 aromatic heterocycles. The van der Waals surface area contributed by atoms with Gasteiger partial charge in [0, 0.05) is 113 Å². The van der Waals surface area contributed by atoms with E-state index in [-0.39, 0.29) is 163 Å². The van der Waals surface area contributed by atoms with Crippen LogP contribution in [0.25, 0.3) is 0 Å². The number of hydrogen-bond donors (Lipinski definition) is 17. The van der Waals surface area contributed by atoms with Crippen LogP contribution in [-0.4, -0.2) is 263 Å². The SMILES string of the molecule is C[C@@H]1CC[C@@H](N(N)/C=C(\N)COc2cccc(C(=O)NCCCCNC(=O)CCOCC(COCCC(=O)NCCCCNC(=O)c3cccc(OC/C(N)=C/N(N)C4CO[C@H](CO)[C@H](O)[C@@H]4O)c3)(COCCC(=O)NCCCCNC(=O)c3cccc(OC/C(N)=C/N(N)[C@@H]4CCCOC4)c3)NC(=O)CCCCCCCCCCC(=O)O)c2)CO1. The first kappa shape index (κ1) is 100. The van der Waals surface area contributed by atoms with Crippen LogP contribution < -0.4 is 86.2 Å². The molecule has 0 saturated carbocycles. The maximum Gasteiger partial charge on any atom is 0.303 e. The highest BCUT2D eigenvalue weighted by atomic mass is 16.5. The number of aliphatic hydroxyl groups excluding tert-OH is 3. The minimum Gasteiger partial charge on any atom is -0.487 e. The molecule has 3 heterocycles. The molecule has 3 fully saturated rings. The van der Waals surface area contributed by atoms with E-state index in [2.05, 4.69) is 37.2 Å². The van der Waals surface area contributed by atoms with Crippen LogP contribution in [0.4, 0.5) is 0 Å². The van der Waals surface area contributed by atoms with Crippen molar-refractivity contribution in [1.29, 1.82) is 0 Å². The fourth-order valence-electron chi connectivity index (χ4n) is 13.1. The van der Waals surface area contributed by atoms with Crippen molar-refractivity contribution in [3.05, 3.63) is 125 Å². The number of hydrogen-bond acceptors (Lipinski definition) is 29. The summed E-state index contributed by atoms with van der Waals surface area (Å²) >= 11 is 0. The summed E-state index contributed by atoms with van der Waals surface area (Å²) in [4.78, 5) is 104. The first-order valence-electron chi connectivity index (χ1n) is 42.2. The smallest absolute Gasteiger partial charge is 0.303 e. The molecule has 23 N–H and O–H groups in total. The molecular formula is C84H134N16O21. The molecule has 0 radical (unpaired) electrons. The Hall–Kier alpha value is -9.64. The average molecular weight is 1700 g/mol. The third kappa shape index (κ3) is 41.2. The molecule has 2 unspecified atom stereocenters. The van der Waals surface area contributed by atoms with Gasteiger partial charge in [-0.25, -0.2) is 17.5 Å². The molecule has 8 atom stereocenters. The summed E-state index contributed by atoms with van der Waals surface area (Å²) in [5.74, 6) is 16.8. The van der Waals surface area contributed by atoms with Crippen LogP contribution in [0.15, 0.2) is 108 Å². The highest BCUT2D eigenvalue weighted by Crippen LogP contribution is 2.23. The molecule has 676 valence electrons. The molecule has 0 spiro atoms. The maximum absolute atomic E-state index is 14.0. The Morgan fingerprint density at radius 3 is 1.26 bits per heavy atom. The molecule has 3 aromatic rings. The highest BCUT2D eigenvalue weighted by molar-refractivity contribution is 5.95. The Balaban J connectivity index is 0.972. The van der Waals surface area contributed by atoms with Gasteiger partial charge in [0.05, 0.1) is 107 Å². The number of unbranched alkanes of at least 4 members (excludes halogenated alkanes) is 10. The Kier molecular flexibility index (Phi) is 47.7. The number of rotatable bonds is 61. The molecule has 3 aromatic carbocycles. The topological polar surface area (TPSA) is 551 Å². The van der Waals surface area contributed by atoms with Crippen molar-refractivity contribution in [2.45, 2.75) is 203 Å². The van der Waals surface area contributed by atoms with E-state index in [9.17, 15) is 53.7 Å². The van der Waals surface area contributed by atoms with Crippen LogP contribution in [0.2, 0.25) is 0 Å². The van der Waals surface area contributed by atoms with E-state index in [1.54, 1.807) is 95.2 Å². The van der Waals surface area contributed by atoms with Gasteiger partial charge in [0.15, 0.2) is 0 Å². The molecule has 3 aliphatic heterocycles. The summed E-state index contributed by atoms with van der Waals surface area (Å²) in [6.45, 7) is 4.32. The third-order valence-corrected chi connectivity index (χ3v) is 20.2. The van der Waals surface area contributed by atoms with Gasteiger partial charge in [-0.3, -0.25) is 38.4 Å². The van der Waals surface area contributed by atoms with Crippen LogP contribution in [0.3, 0.4) is 0 Å². The van der Waals surface area contributed by atoms with Crippen molar-refractivity contribution in [1.82, 2.24) is 52.2 Å². The summed E-state index contributed by atoms with van der Waals surface area (Å²) in [6.07, 6.45) is 14.6. The van der Waals surface area contributed by atoms with Crippen LogP contribution in [0, 0.1) is 0 Å². The minimum absolute atomic E-state index is 0.00429. The Morgan fingerprint density at radius 2 is 0.868 bits per heavy atom. The van der Waals surface area contributed by atoms with E-state index < -0.39 is 42.5 Å². The predicted octanol–water partition coefficient (Wildman–Crippen LogP) is 2.32. The standard InChI is InChI=1S/C84H134N16O21/c1-60-29-30-68(55-117-60)99(89)48-65(86)52-119-70-25-17-21-62(45-70)82(111)95-38-14-11-35-92-75(103)32-42-115-58-84(97-77(105)27-8-6-4-2-3-5-7-9-28-78(106)107,57-114-41-31-74(102)91-34-10-13-37-94-81(110)61-20-16-24-69(44-61)118-51-64(85)47-98(88)67-23-19-40-113-54-67)59-116-43-33-76(104)93-36-12-15-39-96-83(112)63-22-18-26-71(46-63)120-53-66(87)49-100(90)72-56-121-73(50-101)80(109)79(72)108/h16-18,20-22,24-26,44-49,60,67-68,72-73,79-80,101,108-109H,2-15,19,23,27-43,50-59,85-90H2,1H3,(H,91,102)(H,92,103)(H,93,104)(H,94,110)(H,95,111)(H,96,112)(H,97,105)(H,106,107)/b64-47-,65-48-,66-49-/t60-,67-,68-,72?,73-,79-,80+,84?/m1/s1. The molecule has 121 heavy (non-hydrogen) atoms. The largest absolute Gasteiger partial charge is 0.487 e.